The Morgan fingerprint density at radius 2 is 1.85 bits per heavy atom. The largest absolute Gasteiger partial charge is 0.381 e. The zero-order valence-corrected chi connectivity index (χ0v) is 16.9. The molecule has 0 unspecified atom stereocenters. The van der Waals surface area contributed by atoms with E-state index in [9.17, 15) is 4.39 Å². The molecule has 27 heavy (non-hydrogen) atoms. The van der Waals surface area contributed by atoms with Crippen molar-refractivity contribution >= 4 is 5.96 Å². The Balaban J connectivity index is 1.67. The van der Waals surface area contributed by atoms with E-state index in [4.69, 9.17) is 9.73 Å². The van der Waals surface area contributed by atoms with Gasteiger partial charge in [-0.1, -0.05) is 18.2 Å². The number of nitrogens with one attached hydrogen (secondary N) is 2. The number of nitrogens with zero attached hydrogens (tertiary/aromatic N) is 2. The monoisotopic (exact) mass is 376 g/mol. The average Bonchev–Trinajstić information content (AvgIpc) is 3.46. The van der Waals surface area contributed by atoms with E-state index in [0.29, 0.717) is 6.54 Å². The second kappa shape index (κ2) is 8.57. The minimum atomic E-state index is -0.104. The predicted molar refractivity (Wildman–Crippen MR) is 108 cm³/mol. The number of hydrogen-bond donors (Lipinski definition) is 2. The van der Waals surface area contributed by atoms with Gasteiger partial charge in [-0.2, -0.15) is 0 Å². The van der Waals surface area contributed by atoms with Crippen molar-refractivity contribution in [3.8, 4) is 0 Å². The van der Waals surface area contributed by atoms with Crippen LogP contribution in [0.25, 0.3) is 0 Å². The Kier molecular flexibility index (Phi) is 6.37. The van der Waals surface area contributed by atoms with Gasteiger partial charge in [-0.25, -0.2) is 4.39 Å². The SMILES string of the molecule is CCNC(=NCC1(N(C)C)CCOCC1)NCC1(c2ccccc2F)CC1. The van der Waals surface area contributed by atoms with Crippen LogP contribution in [-0.2, 0) is 10.2 Å². The summed E-state index contributed by atoms with van der Waals surface area (Å²) >= 11 is 0. The van der Waals surface area contributed by atoms with E-state index >= 15 is 0 Å². The van der Waals surface area contributed by atoms with Crippen LogP contribution in [0.15, 0.2) is 29.3 Å². The van der Waals surface area contributed by atoms with Crippen LogP contribution in [0.2, 0.25) is 0 Å². The first kappa shape index (κ1) is 20.1. The molecule has 1 saturated heterocycles. The molecule has 0 bridgehead atoms. The van der Waals surface area contributed by atoms with Crippen molar-refractivity contribution in [2.75, 3.05) is 46.9 Å². The highest BCUT2D eigenvalue weighted by Crippen LogP contribution is 2.48. The van der Waals surface area contributed by atoms with Crippen molar-refractivity contribution in [2.45, 2.75) is 43.6 Å². The number of benzene rings is 1. The summed E-state index contributed by atoms with van der Waals surface area (Å²) in [6, 6.07) is 7.14. The molecule has 0 aromatic heterocycles. The van der Waals surface area contributed by atoms with Gasteiger partial charge in [0, 0.05) is 37.3 Å². The molecule has 6 heteroatoms. The summed E-state index contributed by atoms with van der Waals surface area (Å²) in [5.74, 6) is 0.709. The van der Waals surface area contributed by atoms with Crippen molar-refractivity contribution in [1.29, 1.82) is 0 Å². The lowest BCUT2D eigenvalue weighted by Gasteiger charge is -2.41. The van der Waals surface area contributed by atoms with E-state index in [0.717, 1.165) is 63.5 Å². The third-order valence-corrected chi connectivity index (χ3v) is 6.14. The third kappa shape index (κ3) is 4.61. The fourth-order valence-electron chi connectivity index (χ4n) is 3.90. The molecule has 2 fully saturated rings. The van der Waals surface area contributed by atoms with Gasteiger partial charge in [-0.15, -0.1) is 0 Å². The molecule has 1 heterocycles. The number of rotatable bonds is 7. The molecule has 0 amide bonds. The highest BCUT2D eigenvalue weighted by Gasteiger charge is 2.46. The van der Waals surface area contributed by atoms with Gasteiger partial charge in [0.05, 0.1) is 6.54 Å². The van der Waals surface area contributed by atoms with Gasteiger partial charge in [0.15, 0.2) is 5.96 Å². The third-order valence-electron chi connectivity index (χ3n) is 6.14. The number of hydrogen-bond acceptors (Lipinski definition) is 3. The summed E-state index contributed by atoms with van der Waals surface area (Å²) in [5, 5.41) is 6.81. The Labute approximate surface area is 162 Å². The van der Waals surface area contributed by atoms with E-state index in [1.54, 1.807) is 12.1 Å². The van der Waals surface area contributed by atoms with E-state index < -0.39 is 0 Å². The minimum absolute atomic E-state index is 0.0450. The maximum atomic E-state index is 14.2. The maximum Gasteiger partial charge on any atom is 0.191 e. The zero-order chi connectivity index (χ0) is 19.3. The zero-order valence-electron chi connectivity index (χ0n) is 16.9. The van der Waals surface area contributed by atoms with Crippen molar-refractivity contribution in [1.82, 2.24) is 15.5 Å². The van der Waals surface area contributed by atoms with Crippen LogP contribution in [0, 0.1) is 5.82 Å². The molecule has 2 aliphatic rings. The summed E-state index contributed by atoms with van der Waals surface area (Å²) in [5.41, 5.74) is 0.769. The molecule has 1 aromatic rings. The molecule has 5 nitrogen and oxygen atoms in total. The van der Waals surface area contributed by atoms with Gasteiger partial charge in [0.2, 0.25) is 0 Å². The topological polar surface area (TPSA) is 48.9 Å². The first-order valence-electron chi connectivity index (χ1n) is 10.0. The Morgan fingerprint density at radius 1 is 1.15 bits per heavy atom. The summed E-state index contributed by atoms with van der Waals surface area (Å²) in [7, 11) is 4.25. The standard InChI is InChI=1S/C21H33FN4O/c1-4-23-19(25-16-21(26(2)3)11-13-27-14-12-21)24-15-20(9-10-20)17-7-5-6-8-18(17)22/h5-8H,4,9-16H2,1-3H3,(H2,23,24,25). The molecule has 2 N–H and O–H groups in total. The normalized spacial score (nSPS) is 21.1. The van der Waals surface area contributed by atoms with Gasteiger partial charge in [0.1, 0.15) is 5.82 Å². The van der Waals surface area contributed by atoms with E-state index in [1.807, 2.05) is 12.1 Å². The van der Waals surface area contributed by atoms with Gasteiger partial charge in [-0.05, 0) is 58.3 Å². The fraction of sp³-hybridized carbons (Fsp3) is 0.667. The van der Waals surface area contributed by atoms with Crippen molar-refractivity contribution in [2.24, 2.45) is 4.99 Å². The molecule has 1 aromatic carbocycles. The minimum Gasteiger partial charge on any atom is -0.381 e. The fourth-order valence-corrected chi connectivity index (χ4v) is 3.90. The Morgan fingerprint density at radius 3 is 2.44 bits per heavy atom. The molecule has 1 aliphatic heterocycles. The number of likely N-dealkylation sites (N-methyl/N-ethyl adjacent to an activating group) is 1. The average molecular weight is 377 g/mol. The lowest BCUT2D eigenvalue weighted by Crippen LogP contribution is -2.52. The summed E-state index contributed by atoms with van der Waals surface area (Å²) in [6.45, 7) is 5.87. The van der Waals surface area contributed by atoms with Crippen LogP contribution >= 0.6 is 0 Å². The molecular formula is C21H33FN4O. The second-order valence-corrected chi connectivity index (χ2v) is 8.04. The van der Waals surface area contributed by atoms with Crippen molar-refractivity contribution < 1.29 is 9.13 Å². The molecule has 0 spiro atoms. The molecule has 1 saturated carbocycles. The van der Waals surface area contributed by atoms with Crippen LogP contribution in [0.5, 0.6) is 0 Å². The molecule has 0 radical (unpaired) electrons. The van der Waals surface area contributed by atoms with Crippen LogP contribution in [0.4, 0.5) is 4.39 Å². The van der Waals surface area contributed by atoms with Crippen molar-refractivity contribution in [3.05, 3.63) is 35.6 Å². The Bertz CT molecular complexity index is 651. The molecule has 0 atom stereocenters. The summed E-state index contributed by atoms with van der Waals surface area (Å²) < 4.78 is 19.8. The van der Waals surface area contributed by atoms with Crippen molar-refractivity contribution in [3.63, 3.8) is 0 Å². The first-order valence-corrected chi connectivity index (χ1v) is 10.0. The number of guanidine groups is 1. The second-order valence-electron chi connectivity index (χ2n) is 8.04. The quantitative estimate of drug-likeness (QED) is 0.567. The highest BCUT2D eigenvalue weighted by atomic mass is 19.1. The highest BCUT2D eigenvalue weighted by molar-refractivity contribution is 5.80. The van der Waals surface area contributed by atoms with E-state index in [-0.39, 0.29) is 16.8 Å². The molecule has 150 valence electrons. The van der Waals surface area contributed by atoms with Crippen LogP contribution in [-0.4, -0.2) is 63.3 Å². The first-order chi connectivity index (χ1) is 13.0. The van der Waals surface area contributed by atoms with Crippen LogP contribution in [0.3, 0.4) is 0 Å². The Hall–Kier alpha value is -1.66. The lowest BCUT2D eigenvalue weighted by molar-refractivity contribution is -0.00254. The summed E-state index contributed by atoms with van der Waals surface area (Å²) in [4.78, 5) is 7.16. The van der Waals surface area contributed by atoms with Gasteiger partial charge < -0.3 is 20.3 Å². The number of aliphatic imine (C=N–C) groups is 1. The maximum absolute atomic E-state index is 14.2. The molecule has 3 rings (SSSR count). The van der Waals surface area contributed by atoms with Crippen LogP contribution in [0.1, 0.15) is 38.2 Å². The van der Waals surface area contributed by atoms with E-state index in [1.165, 1.54) is 0 Å². The van der Waals surface area contributed by atoms with E-state index in [2.05, 4.69) is 36.6 Å². The predicted octanol–water partition coefficient (Wildman–Crippen LogP) is 2.52. The molecule has 1 aliphatic carbocycles. The van der Waals surface area contributed by atoms with Gasteiger partial charge in [-0.3, -0.25) is 4.99 Å². The smallest absolute Gasteiger partial charge is 0.191 e. The van der Waals surface area contributed by atoms with Crippen LogP contribution < -0.4 is 10.6 Å². The lowest BCUT2D eigenvalue weighted by atomic mass is 9.89. The van der Waals surface area contributed by atoms with Gasteiger partial charge >= 0.3 is 0 Å². The number of ether oxygens (including phenoxy) is 1. The van der Waals surface area contributed by atoms with Gasteiger partial charge in [0.25, 0.3) is 0 Å². The summed E-state index contributed by atoms with van der Waals surface area (Å²) in [6.07, 6.45) is 4.00. The molecular weight excluding hydrogens is 343 g/mol. The number of halogens is 1.